The minimum atomic E-state index is -0.853. The van der Waals surface area contributed by atoms with Crippen LogP contribution in [0.2, 0.25) is 0 Å². The van der Waals surface area contributed by atoms with E-state index in [0.29, 0.717) is 30.4 Å². The third-order valence-electron chi connectivity index (χ3n) is 7.99. The van der Waals surface area contributed by atoms with E-state index in [0.717, 1.165) is 69.3 Å². The molecule has 0 bridgehead atoms. The van der Waals surface area contributed by atoms with Gasteiger partial charge in [-0.2, -0.15) is 4.39 Å². The number of hydrogen-bond acceptors (Lipinski definition) is 2. The predicted molar refractivity (Wildman–Crippen MR) is 129 cm³/mol. The molecular weight excluding hydrogens is 437 g/mol. The zero-order chi connectivity index (χ0) is 24.1. The van der Waals surface area contributed by atoms with Crippen LogP contribution in [-0.4, -0.2) is 13.2 Å². The first-order valence-corrected chi connectivity index (χ1v) is 13.0. The highest BCUT2D eigenvalue weighted by Crippen LogP contribution is 2.40. The second-order valence-corrected chi connectivity index (χ2v) is 10.1. The molecule has 0 unspecified atom stereocenters. The summed E-state index contributed by atoms with van der Waals surface area (Å²) in [7, 11) is 0. The Morgan fingerprint density at radius 1 is 0.706 bits per heavy atom. The fraction of sp³-hybridized carbons (Fsp3) is 0.586. The fourth-order valence-electron chi connectivity index (χ4n) is 5.77. The van der Waals surface area contributed by atoms with Gasteiger partial charge >= 0.3 is 0 Å². The molecule has 0 radical (unpaired) electrons. The molecule has 0 spiro atoms. The molecule has 2 nitrogen and oxygen atoms in total. The van der Waals surface area contributed by atoms with Crippen LogP contribution in [0, 0.1) is 29.3 Å². The van der Waals surface area contributed by atoms with E-state index in [-0.39, 0.29) is 23.4 Å². The van der Waals surface area contributed by atoms with Gasteiger partial charge < -0.3 is 9.47 Å². The molecule has 2 aliphatic carbocycles. The lowest BCUT2D eigenvalue weighted by molar-refractivity contribution is 0.192. The van der Waals surface area contributed by atoms with Crippen LogP contribution in [0.1, 0.15) is 94.6 Å². The molecule has 2 fully saturated rings. The molecule has 186 valence electrons. The van der Waals surface area contributed by atoms with Crippen molar-refractivity contribution < 1.29 is 22.6 Å². The maximum absolute atomic E-state index is 14.8. The Morgan fingerprint density at radius 3 is 2.00 bits per heavy atom. The minimum Gasteiger partial charge on any atom is -0.491 e. The van der Waals surface area contributed by atoms with Crippen LogP contribution in [0.25, 0.3) is 0 Å². The second kappa shape index (κ2) is 11.5. The molecule has 0 aromatic heterocycles. The number of halogens is 3. The van der Waals surface area contributed by atoms with Crippen molar-refractivity contribution in [2.24, 2.45) is 11.8 Å². The zero-order valence-corrected chi connectivity index (χ0v) is 20.4. The lowest BCUT2D eigenvalue weighted by Gasteiger charge is -2.29. The van der Waals surface area contributed by atoms with Crippen molar-refractivity contribution >= 4 is 0 Å². The van der Waals surface area contributed by atoms with Gasteiger partial charge in [-0.3, -0.25) is 0 Å². The summed E-state index contributed by atoms with van der Waals surface area (Å²) in [4.78, 5) is 0. The van der Waals surface area contributed by atoms with Gasteiger partial charge in [0.05, 0.1) is 13.2 Å². The van der Waals surface area contributed by atoms with Gasteiger partial charge in [-0.15, -0.1) is 0 Å². The van der Waals surface area contributed by atoms with Crippen LogP contribution in [-0.2, 0) is 0 Å². The molecule has 0 saturated heterocycles. The SMILES string of the molecule is CCOc1ccc(C2CCC(COc3ccc(C4CCC(CC)CC4)c(F)c3F)CC2)cc1F. The average molecular weight is 475 g/mol. The quantitative estimate of drug-likeness (QED) is 0.382. The average Bonchev–Trinajstić information content (AvgIpc) is 2.87. The third-order valence-corrected chi connectivity index (χ3v) is 7.99. The van der Waals surface area contributed by atoms with Crippen molar-refractivity contribution in [1.29, 1.82) is 0 Å². The molecule has 2 aliphatic rings. The van der Waals surface area contributed by atoms with Gasteiger partial charge in [0.1, 0.15) is 0 Å². The summed E-state index contributed by atoms with van der Waals surface area (Å²) in [6, 6.07) is 8.57. The van der Waals surface area contributed by atoms with Gasteiger partial charge in [-0.05, 0) is 111 Å². The number of ether oxygens (including phenoxy) is 2. The summed E-state index contributed by atoms with van der Waals surface area (Å²) < 4.78 is 54.9. The Kier molecular flexibility index (Phi) is 8.44. The van der Waals surface area contributed by atoms with Crippen LogP contribution < -0.4 is 9.47 Å². The van der Waals surface area contributed by atoms with E-state index >= 15 is 0 Å². The molecule has 34 heavy (non-hydrogen) atoms. The summed E-state index contributed by atoms with van der Waals surface area (Å²) in [5.74, 6) is -0.185. The van der Waals surface area contributed by atoms with Crippen molar-refractivity contribution in [3.8, 4) is 11.5 Å². The molecule has 0 amide bonds. The highest BCUT2D eigenvalue weighted by atomic mass is 19.2. The topological polar surface area (TPSA) is 18.5 Å². The Morgan fingerprint density at radius 2 is 1.35 bits per heavy atom. The predicted octanol–water partition coefficient (Wildman–Crippen LogP) is 8.54. The van der Waals surface area contributed by atoms with Crippen LogP contribution in [0.3, 0.4) is 0 Å². The molecule has 5 heteroatoms. The molecule has 2 aromatic rings. The maximum Gasteiger partial charge on any atom is 0.200 e. The molecular formula is C29H37F3O2. The van der Waals surface area contributed by atoms with Gasteiger partial charge in [0, 0.05) is 0 Å². The monoisotopic (exact) mass is 474 g/mol. The molecule has 0 N–H and O–H groups in total. The first kappa shape index (κ1) is 24.9. The number of rotatable bonds is 8. The largest absolute Gasteiger partial charge is 0.491 e. The van der Waals surface area contributed by atoms with Gasteiger partial charge in [-0.1, -0.05) is 25.5 Å². The molecule has 2 saturated carbocycles. The van der Waals surface area contributed by atoms with Crippen LogP contribution in [0.5, 0.6) is 11.5 Å². The summed E-state index contributed by atoms with van der Waals surface area (Å²) in [6.45, 7) is 4.85. The van der Waals surface area contributed by atoms with E-state index in [2.05, 4.69) is 6.92 Å². The standard InChI is InChI=1S/C29H37F3O2/c1-3-19-5-11-22(12-6-19)24-14-16-27(29(32)28(24)31)34-18-20-7-9-21(10-8-20)23-13-15-26(33-4-2)25(30)17-23/h13-17,19-22H,3-12,18H2,1-2H3. The first-order valence-electron chi connectivity index (χ1n) is 13.0. The lowest BCUT2D eigenvalue weighted by atomic mass is 9.77. The summed E-state index contributed by atoms with van der Waals surface area (Å²) in [5, 5.41) is 0. The Bertz CT molecular complexity index is 945. The van der Waals surface area contributed by atoms with E-state index in [1.54, 1.807) is 24.3 Å². The Balaban J connectivity index is 1.29. The highest BCUT2D eigenvalue weighted by Gasteiger charge is 2.27. The molecule has 2 aromatic carbocycles. The zero-order valence-electron chi connectivity index (χ0n) is 20.4. The van der Waals surface area contributed by atoms with E-state index < -0.39 is 11.6 Å². The fourth-order valence-corrected chi connectivity index (χ4v) is 5.77. The normalized spacial score (nSPS) is 25.2. The van der Waals surface area contributed by atoms with E-state index in [1.165, 1.54) is 0 Å². The lowest BCUT2D eigenvalue weighted by Crippen LogP contribution is -2.20. The van der Waals surface area contributed by atoms with Gasteiger partial charge in [0.25, 0.3) is 0 Å². The molecule has 0 atom stereocenters. The van der Waals surface area contributed by atoms with E-state index in [9.17, 15) is 13.2 Å². The highest BCUT2D eigenvalue weighted by molar-refractivity contribution is 5.34. The van der Waals surface area contributed by atoms with Crippen molar-refractivity contribution in [3.05, 3.63) is 58.9 Å². The van der Waals surface area contributed by atoms with Crippen LogP contribution in [0.4, 0.5) is 13.2 Å². The van der Waals surface area contributed by atoms with Crippen molar-refractivity contribution in [3.63, 3.8) is 0 Å². The van der Waals surface area contributed by atoms with Crippen LogP contribution >= 0.6 is 0 Å². The first-order chi connectivity index (χ1) is 16.5. The Hall–Kier alpha value is -2.17. The van der Waals surface area contributed by atoms with Gasteiger partial charge in [-0.25, -0.2) is 8.78 Å². The summed E-state index contributed by atoms with van der Waals surface area (Å²) >= 11 is 0. The summed E-state index contributed by atoms with van der Waals surface area (Å²) in [6.07, 6.45) is 8.89. The van der Waals surface area contributed by atoms with Crippen molar-refractivity contribution in [1.82, 2.24) is 0 Å². The van der Waals surface area contributed by atoms with Crippen LogP contribution in [0.15, 0.2) is 30.3 Å². The molecule has 4 rings (SSSR count). The molecule has 0 aliphatic heterocycles. The second-order valence-electron chi connectivity index (χ2n) is 10.1. The number of benzene rings is 2. The van der Waals surface area contributed by atoms with E-state index in [1.807, 2.05) is 13.0 Å². The smallest absolute Gasteiger partial charge is 0.200 e. The van der Waals surface area contributed by atoms with E-state index in [4.69, 9.17) is 9.47 Å². The minimum absolute atomic E-state index is 0.0131. The molecule has 0 heterocycles. The summed E-state index contributed by atoms with van der Waals surface area (Å²) in [5.41, 5.74) is 1.50. The third kappa shape index (κ3) is 5.72. The van der Waals surface area contributed by atoms with Crippen molar-refractivity contribution in [2.75, 3.05) is 13.2 Å². The number of hydrogen-bond donors (Lipinski definition) is 0. The Labute approximate surface area is 201 Å². The maximum atomic E-state index is 14.8. The van der Waals surface area contributed by atoms with Gasteiger partial charge in [0.15, 0.2) is 23.1 Å². The van der Waals surface area contributed by atoms with Gasteiger partial charge in [0.2, 0.25) is 5.82 Å². The van der Waals surface area contributed by atoms with Crippen molar-refractivity contribution in [2.45, 2.75) is 83.5 Å².